The van der Waals surface area contributed by atoms with Crippen LogP contribution in [0.4, 0.5) is 0 Å². The quantitative estimate of drug-likeness (QED) is 0.797. The van der Waals surface area contributed by atoms with Crippen molar-refractivity contribution in [3.8, 4) is 11.8 Å². The molecule has 1 aromatic carbocycles. The van der Waals surface area contributed by atoms with Crippen molar-refractivity contribution in [2.45, 2.75) is 57.8 Å². The lowest BCUT2D eigenvalue weighted by Gasteiger charge is -2.32. The van der Waals surface area contributed by atoms with Gasteiger partial charge < -0.3 is 18.8 Å². The molecule has 24 heavy (non-hydrogen) atoms. The topological polar surface area (TPSA) is 60.7 Å². The molecule has 5 nitrogen and oxygen atoms in total. The number of rotatable bonds is 3. The molecule has 2 fully saturated rings. The fraction of sp³-hybridized carbons (Fsp3) is 0.611. The Morgan fingerprint density at radius 3 is 2.50 bits per heavy atom. The fourth-order valence-corrected chi connectivity index (χ4v) is 2.85. The zero-order valence-electron chi connectivity index (χ0n) is 14.8. The van der Waals surface area contributed by atoms with Crippen LogP contribution in [-0.2, 0) is 14.0 Å². The summed E-state index contributed by atoms with van der Waals surface area (Å²) in [5.41, 5.74) is 0.517. The van der Waals surface area contributed by atoms with Crippen LogP contribution in [0.2, 0.25) is 0 Å². The van der Waals surface area contributed by atoms with Crippen LogP contribution >= 0.6 is 0 Å². The summed E-state index contributed by atoms with van der Waals surface area (Å²) in [7, 11) is -0.478. The van der Waals surface area contributed by atoms with Gasteiger partial charge in [-0.2, -0.15) is 5.26 Å². The predicted octanol–water partition coefficient (Wildman–Crippen LogP) is 2.42. The molecule has 6 heteroatoms. The van der Waals surface area contributed by atoms with Crippen molar-refractivity contribution < 1.29 is 18.8 Å². The molecule has 1 aromatic rings. The Balaban J connectivity index is 1.78. The van der Waals surface area contributed by atoms with E-state index in [-0.39, 0.29) is 6.10 Å². The van der Waals surface area contributed by atoms with Gasteiger partial charge in [-0.05, 0) is 58.1 Å². The maximum atomic E-state index is 9.48. The summed E-state index contributed by atoms with van der Waals surface area (Å²) in [6.45, 7) is 9.41. The van der Waals surface area contributed by atoms with Gasteiger partial charge in [-0.25, -0.2) is 0 Å². The number of ether oxygens (including phenoxy) is 2. The van der Waals surface area contributed by atoms with E-state index in [2.05, 4.69) is 6.07 Å². The molecule has 0 N–H and O–H groups in total. The Hall–Kier alpha value is -1.55. The SMILES string of the molecule is CC1(C)OB(c2ccc(OC3CCCOC3)c(C#N)c2)OC1(C)C. The van der Waals surface area contributed by atoms with Crippen LogP contribution in [0, 0.1) is 11.3 Å². The third-order valence-electron chi connectivity index (χ3n) is 5.06. The highest BCUT2D eigenvalue weighted by Gasteiger charge is 2.51. The summed E-state index contributed by atoms with van der Waals surface area (Å²) in [4.78, 5) is 0. The van der Waals surface area contributed by atoms with E-state index in [0.717, 1.165) is 24.9 Å². The first-order chi connectivity index (χ1) is 11.3. The van der Waals surface area contributed by atoms with E-state index in [4.69, 9.17) is 18.8 Å². The average molecular weight is 329 g/mol. The Labute approximate surface area is 144 Å². The van der Waals surface area contributed by atoms with Gasteiger partial charge in [0.2, 0.25) is 0 Å². The van der Waals surface area contributed by atoms with Crippen molar-refractivity contribution in [3.05, 3.63) is 23.8 Å². The molecule has 0 bridgehead atoms. The van der Waals surface area contributed by atoms with E-state index in [1.165, 1.54) is 0 Å². The summed E-state index contributed by atoms with van der Waals surface area (Å²) >= 11 is 0. The van der Waals surface area contributed by atoms with Gasteiger partial charge in [-0.1, -0.05) is 6.07 Å². The molecule has 1 atom stereocenters. The van der Waals surface area contributed by atoms with E-state index in [1.807, 2.05) is 39.8 Å². The molecule has 0 saturated carbocycles. The highest BCUT2D eigenvalue weighted by atomic mass is 16.7. The molecule has 2 heterocycles. The lowest BCUT2D eigenvalue weighted by molar-refractivity contribution is 0.00578. The number of nitrogens with zero attached hydrogens (tertiary/aromatic N) is 1. The second kappa shape index (κ2) is 6.40. The normalized spacial score (nSPS) is 25.3. The van der Waals surface area contributed by atoms with Gasteiger partial charge in [0.05, 0.1) is 23.4 Å². The standard InChI is InChI=1S/C18H24BNO4/c1-17(2)18(3,4)24-19(23-17)14-7-8-16(13(10-14)11-20)22-15-6-5-9-21-12-15/h7-8,10,15H,5-6,9,12H2,1-4H3. The molecule has 0 amide bonds. The molecule has 2 aliphatic heterocycles. The van der Waals surface area contributed by atoms with Gasteiger partial charge in [0.15, 0.2) is 0 Å². The van der Waals surface area contributed by atoms with Crippen LogP contribution < -0.4 is 10.2 Å². The molecule has 1 unspecified atom stereocenters. The monoisotopic (exact) mass is 329 g/mol. The smallest absolute Gasteiger partial charge is 0.487 e. The third-order valence-corrected chi connectivity index (χ3v) is 5.06. The van der Waals surface area contributed by atoms with E-state index >= 15 is 0 Å². The first kappa shape index (κ1) is 17.3. The lowest BCUT2D eigenvalue weighted by atomic mass is 9.78. The lowest BCUT2D eigenvalue weighted by Crippen LogP contribution is -2.41. The van der Waals surface area contributed by atoms with Crippen molar-refractivity contribution in [2.24, 2.45) is 0 Å². The van der Waals surface area contributed by atoms with Gasteiger partial charge in [0.1, 0.15) is 17.9 Å². The van der Waals surface area contributed by atoms with Gasteiger partial charge >= 0.3 is 7.12 Å². The minimum atomic E-state index is -0.478. The van der Waals surface area contributed by atoms with Crippen LogP contribution in [0.3, 0.4) is 0 Å². The third kappa shape index (κ3) is 3.30. The van der Waals surface area contributed by atoms with E-state index < -0.39 is 18.3 Å². The van der Waals surface area contributed by atoms with Crippen molar-refractivity contribution >= 4 is 12.6 Å². The van der Waals surface area contributed by atoms with Crippen LogP contribution in [0.5, 0.6) is 5.75 Å². The Bertz CT molecular complexity index is 631. The van der Waals surface area contributed by atoms with Gasteiger partial charge in [-0.15, -0.1) is 0 Å². The number of hydrogen-bond acceptors (Lipinski definition) is 5. The minimum absolute atomic E-state index is 0.00791. The number of nitriles is 1. The van der Waals surface area contributed by atoms with Gasteiger partial charge in [0, 0.05) is 6.61 Å². The van der Waals surface area contributed by atoms with E-state index in [1.54, 1.807) is 6.07 Å². The molecule has 0 spiro atoms. The number of hydrogen-bond donors (Lipinski definition) is 0. The highest BCUT2D eigenvalue weighted by molar-refractivity contribution is 6.62. The first-order valence-corrected chi connectivity index (χ1v) is 8.46. The van der Waals surface area contributed by atoms with Crippen molar-refractivity contribution in [2.75, 3.05) is 13.2 Å². The second-order valence-corrected chi connectivity index (χ2v) is 7.41. The second-order valence-electron chi connectivity index (χ2n) is 7.41. The number of benzene rings is 1. The first-order valence-electron chi connectivity index (χ1n) is 8.46. The molecule has 2 aliphatic rings. The molecule has 0 aliphatic carbocycles. The predicted molar refractivity (Wildman–Crippen MR) is 91.3 cm³/mol. The Kier molecular flexibility index (Phi) is 4.61. The summed E-state index contributed by atoms with van der Waals surface area (Å²) in [6, 6.07) is 7.74. The minimum Gasteiger partial charge on any atom is -0.487 e. The van der Waals surface area contributed by atoms with Gasteiger partial charge in [0.25, 0.3) is 0 Å². The fourth-order valence-electron chi connectivity index (χ4n) is 2.85. The van der Waals surface area contributed by atoms with E-state index in [0.29, 0.717) is 17.9 Å². The molecule has 128 valence electrons. The Morgan fingerprint density at radius 1 is 1.21 bits per heavy atom. The largest absolute Gasteiger partial charge is 0.494 e. The molecular formula is C18H24BNO4. The maximum absolute atomic E-state index is 9.48. The molecule has 2 saturated heterocycles. The van der Waals surface area contributed by atoms with Crippen LogP contribution in [-0.4, -0.2) is 37.6 Å². The van der Waals surface area contributed by atoms with Crippen molar-refractivity contribution in [1.29, 1.82) is 5.26 Å². The molecular weight excluding hydrogens is 305 g/mol. The Morgan fingerprint density at radius 2 is 1.92 bits per heavy atom. The maximum Gasteiger partial charge on any atom is 0.494 e. The van der Waals surface area contributed by atoms with Crippen molar-refractivity contribution in [1.82, 2.24) is 0 Å². The van der Waals surface area contributed by atoms with Crippen LogP contribution in [0.15, 0.2) is 18.2 Å². The van der Waals surface area contributed by atoms with Crippen molar-refractivity contribution in [3.63, 3.8) is 0 Å². The summed E-state index contributed by atoms with van der Waals surface area (Å²) in [5, 5.41) is 9.48. The zero-order chi connectivity index (χ0) is 17.4. The summed E-state index contributed by atoms with van der Waals surface area (Å²) in [5.74, 6) is 0.591. The zero-order valence-corrected chi connectivity index (χ0v) is 14.8. The van der Waals surface area contributed by atoms with Gasteiger partial charge in [-0.3, -0.25) is 0 Å². The molecule has 3 rings (SSSR count). The average Bonchev–Trinajstić information content (AvgIpc) is 2.77. The highest BCUT2D eigenvalue weighted by Crippen LogP contribution is 2.36. The van der Waals surface area contributed by atoms with E-state index in [9.17, 15) is 5.26 Å². The van der Waals surface area contributed by atoms with Crippen LogP contribution in [0.1, 0.15) is 46.1 Å². The molecule has 0 radical (unpaired) electrons. The molecule has 0 aromatic heterocycles. The summed E-state index contributed by atoms with van der Waals surface area (Å²) in [6.07, 6.45) is 1.94. The van der Waals surface area contributed by atoms with Crippen LogP contribution in [0.25, 0.3) is 0 Å². The summed E-state index contributed by atoms with van der Waals surface area (Å²) < 4.78 is 23.5.